The predicted octanol–water partition coefficient (Wildman–Crippen LogP) is 2.65. The molecule has 1 aliphatic rings. The van der Waals surface area contributed by atoms with Gasteiger partial charge in [0.1, 0.15) is 5.82 Å². The van der Waals surface area contributed by atoms with Crippen molar-refractivity contribution in [3.05, 3.63) is 81.0 Å². The zero-order valence-electron chi connectivity index (χ0n) is 15.3. The Labute approximate surface area is 156 Å². The number of carbonyl (C=O) groups is 1. The van der Waals surface area contributed by atoms with Crippen LogP contribution in [-0.4, -0.2) is 32.3 Å². The number of carbonyl (C=O) groups excluding carboxylic acids is 1. The van der Waals surface area contributed by atoms with E-state index in [9.17, 15) is 9.59 Å². The Balaban J connectivity index is 1.66. The van der Waals surface area contributed by atoms with Crippen molar-refractivity contribution in [3.8, 4) is 11.4 Å². The van der Waals surface area contributed by atoms with Gasteiger partial charge in [-0.25, -0.2) is 4.98 Å². The van der Waals surface area contributed by atoms with Crippen LogP contribution < -0.4 is 5.56 Å². The zero-order chi connectivity index (χ0) is 19.0. The average molecular weight is 360 g/mol. The van der Waals surface area contributed by atoms with Crippen LogP contribution in [0.15, 0.2) is 47.5 Å². The minimum Gasteiger partial charge on any atom is -0.332 e. The summed E-state index contributed by atoms with van der Waals surface area (Å²) in [5.74, 6) is 0.470. The first-order valence-electron chi connectivity index (χ1n) is 8.92. The number of H-pyrrole nitrogens is 1. The van der Waals surface area contributed by atoms with Gasteiger partial charge in [-0.05, 0) is 55.7 Å². The van der Waals surface area contributed by atoms with E-state index in [0.29, 0.717) is 42.2 Å². The van der Waals surface area contributed by atoms with Crippen LogP contribution in [0.1, 0.15) is 32.7 Å². The normalized spacial score (nSPS) is 13.3. The summed E-state index contributed by atoms with van der Waals surface area (Å²) in [6.45, 7) is 4.87. The number of pyridine rings is 1. The van der Waals surface area contributed by atoms with E-state index in [1.165, 1.54) is 0 Å². The summed E-state index contributed by atoms with van der Waals surface area (Å²) in [6.07, 6.45) is 3.82. The molecule has 0 unspecified atom stereocenters. The van der Waals surface area contributed by atoms with Crippen molar-refractivity contribution in [2.24, 2.45) is 0 Å². The van der Waals surface area contributed by atoms with E-state index >= 15 is 0 Å². The summed E-state index contributed by atoms with van der Waals surface area (Å²) in [4.78, 5) is 38.6. The molecule has 6 heteroatoms. The van der Waals surface area contributed by atoms with Gasteiger partial charge in [-0.3, -0.25) is 14.6 Å². The van der Waals surface area contributed by atoms with Crippen molar-refractivity contribution in [2.45, 2.75) is 26.8 Å². The molecule has 3 aromatic rings. The lowest BCUT2D eigenvalue weighted by Gasteiger charge is -2.28. The molecule has 0 atom stereocenters. The summed E-state index contributed by atoms with van der Waals surface area (Å²) in [5, 5.41) is 0. The molecule has 3 heterocycles. The van der Waals surface area contributed by atoms with Crippen LogP contribution in [0.5, 0.6) is 0 Å². The molecule has 1 N–H and O–H groups in total. The maximum absolute atomic E-state index is 12.9. The van der Waals surface area contributed by atoms with Crippen LogP contribution in [0.4, 0.5) is 0 Å². The number of hydrogen-bond acceptors (Lipinski definition) is 4. The highest BCUT2D eigenvalue weighted by Crippen LogP contribution is 2.20. The summed E-state index contributed by atoms with van der Waals surface area (Å²) in [5.41, 5.74) is 4.90. The SMILES string of the molecule is Cc1ccc(C(=O)N2CCc3c(nc(-c4ccncc4)[nH]c3=O)C2)cc1C. The van der Waals surface area contributed by atoms with Crippen LogP contribution in [0, 0.1) is 13.8 Å². The Kier molecular flexibility index (Phi) is 4.32. The van der Waals surface area contributed by atoms with Crippen molar-refractivity contribution in [2.75, 3.05) is 6.54 Å². The van der Waals surface area contributed by atoms with Gasteiger partial charge in [-0.15, -0.1) is 0 Å². The number of aromatic nitrogens is 3. The van der Waals surface area contributed by atoms with Gasteiger partial charge in [0.2, 0.25) is 0 Å². The molecule has 0 aliphatic carbocycles. The van der Waals surface area contributed by atoms with Gasteiger partial charge in [0.05, 0.1) is 12.2 Å². The number of fused-ring (bicyclic) bond motifs is 1. The van der Waals surface area contributed by atoms with E-state index in [1.807, 2.05) is 32.0 Å². The lowest BCUT2D eigenvalue weighted by molar-refractivity contribution is 0.0731. The van der Waals surface area contributed by atoms with Crippen molar-refractivity contribution in [1.82, 2.24) is 19.9 Å². The number of nitrogens with one attached hydrogen (secondary N) is 1. The molecule has 1 aromatic carbocycles. The van der Waals surface area contributed by atoms with Gasteiger partial charge < -0.3 is 9.88 Å². The van der Waals surface area contributed by atoms with Gasteiger partial charge in [0.15, 0.2) is 0 Å². The molecule has 0 fully saturated rings. The monoisotopic (exact) mass is 360 g/mol. The molecular formula is C21H20N4O2. The van der Waals surface area contributed by atoms with Gasteiger partial charge in [-0.2, -0.15) is 0 Å². The van der Waals surface area contributed by atoms with Crippen molar-refractivity contribution in [1.29, 1.82) is 0 Å². The topological polar surface area (TPSA) is 79.0 Å². The van der Waals surface area contributed by atoms with E-state index in [1.54, 1.807) is 29.4 Å². The first-order valence-corrected chi connectivity index (χ1v) is 8.92. The number of rotatable bonds is 2. The highest BCUT2D eigenvalue weighted by molar-refractivity contribution is 5.94. The van der Waals surface area contributed by atoms with Crippen molar-refractivity contribution >= 4 is 5.91 Å². The molecule has 1 amide bonds. The summed E-state index contributed by atoms with van der Waals surface area (Å²) in [6, 6.07) is 9.33. The van der Waals surface area contributed by atoms with Crippen LogP contribution in [-0.2, 0) is 13.0 Å². The van der Waals surface area contributed by atoms with Crippen LogP contribution in [0.25, 0.3) is 11.4 Å². The molecule has 2 aromatic heterocycles. The lowest BCUT2D eigenvalue weighted by atomic mass is 10.0. The third-order valence-corrected chi connectivity index (χ3v) is 5.07. The van der Waals surface area contributed by atoms with Gasteiger partial charge >= 0.3 is 0 Å². The second kappa shape index (κ2) is 6.79. The molecular weight excluding hydrogens is 340 g/mol. The van der Waals surface area contributed by atoms with Crippen molar-refractivity contribution in [3.63, 3.8) is 0 Å². The maximum atomic E-state index is 12.9. The molecule has 4 rings (SSSR count). The predicted molar refractivity (Wildman–Crippen MR) is 102 cm³/mol. The molecule has 0 saturated carbocycles. The fourth-order valence-corrected chi connectivity index (χ4v) is 3.32. The summed E-state index contributed by atoms with van der Waals surface area (Å²) >= 11 is 0. The Bertz CT molecular complexity index is 1070. The summed E-state index contributed by atoms with van der Waals surface area (Å²) < 4.78 is 0. The Morgan fingerprint density at radius 2 is 1.89 bits per heavy atom. The Hall–Kier alpha value is -3.28. The Morgan fingerprint density at radius 1 is 1.11 bits per heavy atom. The molecule has 6 nitrogen and oxygen atoms in total. The molecule has 136 valence electrons. The smallest absolute Gasteiger partial charge is 0.254 e. The van der Waals surface area contributed by atoms with E-state index in [0.717, 1.165) is 16.7 Å². The molecule has 0 saturated heterocycles. The third-order valence-electron chi connectivity index (χ3n) is 5.07. The minimum atomic E-state index is -0.134. The number of aryl methyl sites for hydroxylation is 2. The molecule has 0 spiro atoms. The summed E-state index contributed by atoms with van der Waals surface area (Å²) in [7, 11) is 0. The second-order valence-electron chi connectivity index (χ2n) is 6.85. The van der Waals surface area contributed by atoms with Gasteiger partial charge in [-0.1, -0.05) is 6.07 Å². The van der Waals surface area contributed by atoms with E-state index < -0.39 is 0 Å². The van der Waals surface area contributed by atoms with Crippen molar-refractivity contribution < 1.29 is 4.79 Å². The zero-order valence-corrected chi connectivity index (χ0v) is 15.3. The highest BCUT2D eigenvalue weighted by Gasteiger charge is 2.25. The third kappa shape index (κ3) is 3.26. The number of hydrogen-bond donors (Lipinski definition) is 1. The lowest BCUT2D eigenvalue weighted by Crippen LogP contribution is -2.39. The quantitative estimate of drug-likeness (QED) is 0.762. The van der Waals surface area contributed by atoms with Gasteiger partial charge in [0, 0.05) is 35.6 Å². The number of aromatic amines is 1. The highest BCUT2D eigenvalue weighted by atomic mass is 16.2. The first kappa shape index (κ1) is 17.1. The average Bonchev–Trinajstić information content (AvgIpc) is 2.69. The fraction of sp³-hybridized carbons (Fsp3) is 0.238. The molecule has 1 aliphatic heterocycles. The number of benzene rings is 1. The molecule has 0 bridgehead atoms. The van der Waals surface area contributed by atoms with Crippen LogP contribution in [0.3, 0.4) is 0 Å². The van der Waals surface area contributed by atoms with Crippen LogP contribution in [0.2, 0.25) is 0 Å². The largest absolute Gasteiger partial charge is 0.332 e. The molecule has 0 radical (unpaired) electrons. The van der Waals surface area contributed by atoms with E-state index in [4.69, 9.17) is 0 Å². The van der Waals surface area contributed by atoms with Crippen LogP contribution >= 0.6 is 0 Å². The van der Waals surface area contributed by atoms with E-state index in [2.05, 4.69) is 15.0 Å². The Morgan fingerprint density at radius 3 is 2.63 bits per heavy atom. The first-order chi connectivity index (χ1) is 13.0. The standard InChI is InChI=1S/C21H20N4O2/c1-13-3-4-16(11-14(13)2)21(27)25-10-7-17-18(12-25)23-19(24-20(17)26)15-5-8-22-9-6-15/h3-6,8-9,11H,7,10,12H2,1-2H3,(H,23,24,26). The number of nitrogens with zero attached hydrogens (tertiary/aromatic N) is 3. The van der Waals surface area contributed by atoms with Gasteiger partial charge in [0.25, 0.3) is 11.5 Å². The molecule has 27 heavy (non-hydrogen) atoms. The van der Waals surface area contributed by atoms with E-state index in [-0.39, 0.29) is 11.5 Å². The second-order valence-corrected chi connectivity index (χ2v) is 6.85. The number of amides is 1. The maximum Gasteiger partial charge on any atom is 0.254 e. The fourth-order valence-electron chi connectivity index (χ4n) is 3.32. The minimum absolute atomic E-state index is 0.0312.